The summed E-state index contributed by atoms with van der Waals surface area (Å²) in [5.74, 6) is -1.09. The number of aryl methyl sites for hydroxylation is 2. The SMILES string of the molecule is COC(=O)[C@H](Cc1ccc(C)c(C)c1)NC(=O)CCC(=O)N[C@H](C)c1ccccc1. The van der Waals surface area contributed by atoms with Gasteiger partial charge in [0.15, 0.2) is 0 Å². The van der Waals surface area contributed by atoms with Crippen molar-refractivity contribution >= 4 is 17.8 Å². The minimum Gasteiger partial charge on any atom is -0.467 e. The van der Waals surface area contributed by atoms with Crippen molar-refractivity contribution in [2.24, 2.45) is 0 Å². The number of hydrogen-bond donors (Lipinski definition) is 2. The summed E-state index contributed by atoms with van der Waals surface area (Å²) in [7, 11) is 1.29. The fourth-order valence-electron chi connectivity index (χ4n) is 3.13. The van der Waals surface area contributed by atoms with Gasteiger partial charge in [0.05, 0.1) is 13.2 Å². The summed E-state index contributed by atoms with van der Waals surface area (Å²) < 4.78 is 4.83. The molecule has 0 unspecified atom stereocenters. The van der Waals surface area contributed by atoms with E-state index in [1.165, 1.54) is 7.11 Å². The van der Waals surface area contributed by atoms with Gasteiger partial charge < -0.3 is 15.4 Å². The lowest BCUT2D eigenvalue weighted by molar-refractivity contribution is -0.145. The van der Waals surface area contributed by atoms with Crippen LogP contribution in [0.4, 0.5) is 0 Å². The van der Waals surface area contributed by atoms with Crippen LogP contribution in [0, 0.1) is 13.8 Å². The number of hydrogen-bond acceptors (Lipinski definition) is 4. The van der Waals surface area contributed by atoms with Crippen LogP contribution in [-0.2, 0) is 25.5 Å². The van der Waals surface area contributed by atoms with E-state index in [0.29, 0.717) is 6.42 Å². The molecule has 2 aromatic carbocycles. The highest BCUT2D eigenvalue weighted by atomic mass is 16.5. The maximum atomic E-state index is 12.3. The summed E-state index contributed by atoms with van der Waals surface area (Å²) in [4.78, 5) is 36.7. The Hall–Kier alpha value is -3.15. The van der Waals surface area contributed by atoms with Crippen molar-refractivity contribution in [3.8, 4) is 0 Å². The van der Waals surface area contributed by atoms with Crippen LogP contribution in [0.15, 0.2) is 48.5 Å². The van der Waals surface area contributed by atoms with Gasteiger partial charge in [0.2, 0.25) is 11.8 Å². The van der Waals surface area contributed by atoms with E-state index in [-0.39, 0.29) is 30.7 Å². The highest BCUT2D eigenvalue weighted by molar-refractivity contribution is 5.87. The van der Waals surface area contributed by atoms with Crippen LogP contribution in [0.3, 0.4) is 0 Å². The van der Waals surface area contributed by atoms with E-state index in [1.807, 2.05) is 69.3 Å². The lowest BCUT2D eigenvalue weighted by Gasteiger charge is -2.18. The average molecular weight is 411 g/mol. The van der Waals surface area contributed by atoms with E-state index < -0.39 is 12.0 Å². The zero-order chi connectivity index (χ0) is 22.1. The van der Waals surface area contributed by atoms with Gasteiger partial charge in [0.25, 0.3) is 0 Å². The smallest absolute Gasteiger partial charge is 0.328 e. The number of amides is 2. The van der Waals surface area contributed by atoms with Gasteiger partial charge in [0.1, 0.15) is 6.04 Å². The largest absolute Gasteiger partial charge is 0.467 e. The summed E-state index contributed by atoms with van der Waals surface area (Å²) in [6.45, 7) is 5.91. The number of nitrogens with one attached hydrogen (secondary N) is 2. The molecule has 2 rings (SSSR count). The second-order valence-corrected chi connectivity index (χ2v) is 7.47. The van der Waals surface area contributed by atoms with Gasteiger partial charge >= 0.3 is 5.97 Å². The summed E-state index contributed by atoms with van der Waals surface area (Å²) in [6, 6.07) is 14.6. The van der Waals surface area contributed by atoms with Crippen molar-refractivity contribution in [2.45, 2.75) is 52.1 Å². The molecule has 160 valence electrons. The fraction of sp³-hybridized carbons (Fsp3) is 0.375. The first-order valence-electron chi connectivity index (χ1n) is 10.1. The number of methoxy groups -OCH3 is 1. The number of esters is 1. The molecule has 0 aliphatic carbocycles. The zero-order valence-electron chi connectivity index (χ0n) is 18.0. The predicted molar refractivity (Wildman–Crippen MR) is 116 cm³/mol. The van der Waals surface area contributed by atoms with Crippen LogP contribution < -0.4 is 10.6 Å². The molecule has 0 saturated carbocycles. The van der Waals surface area contributed by atoms with Gasteiger partial charge in [-0.1, -0.05) is 48.5 Å². The molecule has 2 aromatic rings. The number of benzene rings is 2. The van der Waals surface area contributed by atoms with Crippen molar-refractivity contribution < 1.29 is 19.1 Å². The molecule has 2 atom stereocenters. The van der Waals surface area contributed by atoms with Crippen LogP contribution in [-0.4, -0.2) is 30.9 Å². The van der Waals surface area contributed by atoms with Crippen molar-refractivity contribution in [3.05, 3.63) is 70.8 Å². The third kappa shape index (κ3) is 7.03. The van der Waals surface area contributed by atoms with Crippen LogP contribution in [0.1, 0.15) is 48.1 Å². The van der Waals surface area contributed by atoms with Crippen molar-refractivity contribution in [1.82, 2.24) is 10.6 Å². The van der Waals surface area contributed by atoms with Gasteiger partial charge in [-0.15, -0.1) is 0 Å². The van der Waals surface area contributed by atoms with E-state index in [0.717, 1.165) is 22.3 Å². The minimum absolute atomic E-state index is 0.00619. The number of rotatable bonds is 9. The Bertz CT molecular complexity index is 880. The molecule has 2 N–H and O–H groups in total. The average Bonchev–Trinajstić information content (AvgIpc) is 2.74. The Labute approximate surface area is 178 Å². The van der Waals surface area contributed by atoms with E-state index in [1.54, 1.807) is 0 Å². The Morgan fingerprint density at radius 2 is 1.53 bits per heavy atom. The van der Waals surface area contributed by atoms with Crippen molar-refractivity contribution in [1.29, 1.82) is 0 Å². The zero-order valence-corrected chi connectivity index (χ0v) is 18.0. The highest BCUT2D eigenvalue weighted by Crippen LogP contribution is 2.13. The van der Waals surface area contributed by atoms with E-state index in [4.69, 9.17) is 4.74 Å². The molecular weight excluding hydrogens is 380 g/mol. The van der Waals surface area contributed by atoms with E-state index >= 15 is 0 Å². The quantitative estimate of drug-likeness (QED) is 0.622. The molecule has 0 aliphatic rings. The van der Waals surface area contributed by atoms with E-state index in [2.05, 4.69) is 10.6 Å². The van der Waals surface area contributed by atoms with Crippen LogP contribution in [0.2, 0.25) is 0 Å². The van der Waals surface area contributed by atoms with Crippen LogP contribution >= 0.6 is 0 Å². The summed E-state index contributed by atoms with van der Waals surface area (Å²) in [5.41, 5.74) is 4.21. The molecule has 2 amide bonds. The second-order valence-electron chi connectivity index (χ2n) is 7.47. The standard InChI is InChI=1S/C24H30N2O4/c1-16-10-11-19(14-17(16)2)15-21(24(29)30-4)26-23(28)13-12-22(27)25-18(3)20-8-6-5-7-9-20/h5-11,14,18,21H,12-13,15H2,1-4H3,(H,25,27)(H,26,28)/t18-,21+/m1/s1. The predicted octanol–water partition coefficient (Wildman–Crippen LogP) is 3.16. The van der Waals surface area contributed by atoms with Gasteiger partial charge in [-0.3, -0.25) is 9.59 Å². The Morgan fingerprint density at radius 3 is 2.13 bits per heavy atom. The molecule has 6 heteroatoms. The van der Waals surface area contributed by atoms with Crippen molar-refractivity contribution in [2.75, 3.05) is 7.11 Å². The first-order chi connectivity index (χ1) is 14.3. The topological polar surface area (TPSA) is 84.5 Å². The Balaban J connectivity index is 1.88. The molecule has 0 aromatic heterocycles. The van der Waals surface area contributed by atoms with Gasteiger partial charge in [-0.2, -0.15) is 0 Å². The molecule has 30 heavy (non-hydrogen) atoms. The molecule has 0 aliphatic heterocycles. The summed E-state index contributed by atoms with van der Waals surface area (Å²) in [5, 5.41) is 5.58. The molecule has 0 spiro atoms. The molecular formula is C24H30N2O4. The maximum Gasteiger partial charge on any atom is 0.328 e. The normalized spacial score (nSPS) is 12.5. The molecule has 0 saturated heterocycles. The first kappa shape index (κ1) is 23.1. The molecule has 0 fully saturated rings. The Morgan fingerprint density at radius 1 is 0.900 bits per heavy atom. The minimum atomic E-state index is -0.795. The maximum absolute atomic E-state index is 12.3. The van der Waals surface area contributed by atoms with Gasteiger partial charge in [-0.05, 0) is 43.0 Å². The number of carbonyl (C=O) groups excluding carboxylic acids is 3. The third-order valence-corrected chi connectivity index (χ3v) is 5.09. The highest BCUT2D eigenvalue weighted by Gasteiger charge is 2.22. The number of carbonyl (C=O) groups is 3. The summed E-state index contributed by atoms with van der Waals surface area (Å²) in [6.07, 6.45) is 0.366. The lowest BCUT2D eigenvalue weighted by Crippen LogP contribution is -2.43. The first-order valence-corrected chi connectivity index (χ1v) is 10.1. The number of ether oxygens (including phenoxy) is 1. The van der Waals surface area contributed by atoms with Gasteiger partial charge in [0, 0.05) is 19.3 Å². The molecule has 0 radical (unpaired) electrons. The van der Waals surface area contributed by atoms with Crippen LogP contribution in [0.5, 0.6) is 0 Å². The second kappa shape index (κ2) is 11.1. The fourth-order valence-corrected chi connectivity index (χ4v) is 3.13. The van der Waals surface area contributed by atoms with Crippen LogP contribution in [0.25, 0.3) is 0 Å². The molecule has 0 heterocycles. The monoisotopic (exact) mass is 410 g/mol. The molecule has 6 nitrogen and oxygen atoms in total. The van der Waals surface area contributed by atoms with E-state index in [9.17, 15) is 14.4 Å². The lowest BCUT2D eigenvalue weighted by atomic mass is 10.0. The van der Waals surface area contributed by atoms with Gasteiger partial charge in [-0.25, -0.2) is 4.79 Å². The third-order valence-electron chi connectivity index (χ3n) is 5.09. The summed E-state index contributed by atoms with van der Waals surface area (Å²) >= 11 is 0. The Kier molecular flexibility index (Phi) is 8.59. The molecule has 0 bridgehead atoms. The van der Waals surface area contributed by atoms with Crippen molar-refractivity contribution in [3.63, 3.8) is 0 Å².